The van der Waals surface area contributed by atoms with Crippen molar-refractivity contribution in [3.63, 3.8) is 0 Å². The van der Waals surface area contributed by atoms with Crippen molar-refractivity contribution in [1.82, 2.24) is 4.98 Å². The smallest absolute Gasteiger partial charge is 0.0496 e. The summed E-state index contributed by atoms with van der Waals surface area (Å²) in [6, 6.07) is 4.09. The first-order valence-electron chi connectivity index (χ1n) is 3.90. The molecule has 0 bridgehead atoms. The van der Waals surface area contributed by atoms with Crippen molar-refractivity contribution in [3.8, 4) is 0 Å². The number of nitrogens with two attached hydrogens (primary N) is 1. The summed E-state index contributed by atoms with van der Waals surface area (Å²) < 4.78 is 0. The second kappa shape index (κ2) is 3.97. The third-order valence-corrected chi connectivity index (χ3v) is 1.89. The number of nitrogens with one attached hydrogen (secondary N) is 1. The fraction of sp³-hybridized carbons (Fsp3) is 0.556. The van der Waals surface area contributed by atoms with Crippen molar-refractivity contribution in [2.75, 3.05) is 0 Å². The Kier molecular flexibility index (Phi) is 3.81. The van der Waals surface area contributed by atoms with Crippen molar-refractivity contribution in [3.05, 3.63) is 24.0 Å². The summed E-state index contributed by atoms with van der Waals surface area (Å²) in [7, 11) is 0. The van der Waals surface area contributed by atoms with Crippen LogP contribution in [0.2, 0.25) is 0 Å². The van der Waals surface area contributed by atoms with Crippen LogP contribution >= 0.6 is 12.4 Å². The van der Waals surface area contributed by atoms with E-state index in [2.05, 4.69) is 25.8 Å². The Labute approximate surface area is 80.0 Å². The molecule has 3 heteroatoms. The van der Waals surface area contributed by atoms with Crippen LogP contribution in [0.15, 0.2) is 18.3 Å². The average molecular weight is 189 g/mol. The molecule has 0 unspecified atom stereocenters. The molecule has 3 N–H and O–H groups in total. The van der Waals surface area contributed by atoms with Gasteiger partial charge in [0.25, 0.3) is 0 Å². The van der Waals surface area contributed by atoms with Crippen LogP contribution in [0.1, 0.15) is 32.5 Å². The highest BCUT2D eigenvalue weighted by molar-refractivity contribution is 5.85. The number of halogens is 1. The molecule has 1 rings (SSSR count). The predicted molar refractivity (Wildman–Crippen MR) is 54.4 cm³/mol. The van der Waals surface area contributed by atoms with Gasteiger partial charge in [-0.25, -0.2) is 0 Å². The van der Waals surface area contributed by atoms with Gasteiger partial charge in [-0.1, -0.05) is 20.8 Å². The maximum atomic E-state index is 5.99. The molecule has 0 amide bonds. The molecular weight excluding hydrogens is 172 g/mol. The van der Waals surface area contributed by atoms with Crippen molar-refractivity contribution < 1.29 is 0 Å². The summed E-state index contributed by atoms with van der Waals surface area (Å²) in [4.78, 5) is 3.12. The SMILES string of the molecule is CC(C)(C)[C@H](N)c1ccc[nH]1.Cl. The lowest BCUT2D eigenvalue weighted by molar-refractivity contribution is 0.322. The zero-order valence-electron chi connectivity index (χ0n) is 7.79. The van der Waals surface area contributed by atoms with Crippen LogP contribution in [0, 0.1) is 5.41 Å². The van der Waals surface area contributed by atoms with Crippen LogP contribution < -0.4 is 5.73 Å². The van der Waals surface area contributed by atoms with Crippen LogP contribution in [0.5, 0.6) is 0 Å². The van der Waals surface area contributed by atoms with Gasteiger partial charge in [0, 0.05) is 17.9 Å². The number of aromatic nitrogens is 1. The first kappa shape index (κ1) is 11.5. The largest absolute Gasteiger partial charge is 0.364 e. The fourth-order valence-corrected chi connectivity index (χ4v) is 1.00. The minimum absolute atomic E-state index is 0. The highest BCUT2D eigenvalue weighted by Crippen LogP contribution is 2.28. The highest BCUT2D eigenvalue weighted by Gasteiger charge is 2.22. The lowest BCUT2D eigenvalue weighted by atomic mass is 9.86. The summed E-state index contributed by atoms with van der Waals surface area (Å²) >= 11 is 0. The summed E-state index contributed by atoms with van der Waals surface area (Å²) in [6.07, 6.45) is 1.90. The number of rotatable bonds is 1. The number of hydrogen-bond acceptors (Lipinski definition) is 1. The van der Waals surface area contributed by atoms with Gasteiger partial charge in [0.05, 0.1) is 0 Å². The summed E-state index contributed by atoms with van der Waals surface area (Å²) in [6.45, 7) is 6.41. The molecule has 70 valence electrons. The van der Waals surface area contributed by atoms with Crippen LogP contribution in [0.25, 0.3) is 0 Å². The molecular formula is C9H17ClN2. The summed E-state index contributed by atoms with van der Waals surface area (Å²) in [5.74, 6) is 0. The maximum absolute atomic E-state index is 5.99. The Hall–Kier alpha value is -0.470. The molecule has 1 atom stereocenters. The van der Waals surface area contributed by atoms with E-state index in [1.165, 1.54) is 0 Å². The lowest BCUT2D eigenvalue weighted by Crippen LogP contribution is -2.26. The number of hydrogen-bond donors (Lipinski definition) is 2. The van der Waals surface area contributed by atoms with Crippen molar-refractivity contribution in [2.24, 2.45) is 11.1 Å². The lowest BCUT2D eigenvalue weighted by Gasteiger charge is -2.25. The molecule has 0 saturated heterocycles. The van der Waals surface area contributed by atoms with Crippen molar-refractivity contribution in [1.29, 1.82) is 0 Å². The van der Waals surface area contributed by atoms with Crippen molar-refractivity contribution >= 4 is 12.4 Å². The third kappa shape index (κ3) is 2.54. The van der Waals surface area contributed by atoms with Gasteiger partial charge in [-0.3, -0.25) is 0 Å². The quantitative estimate of drug-likeness (QED) is 0.699. The van der Waals surface area contributed by atoms with E-state index in [9.17, 15) is 0 Å². The van der Waals surface area contributed by atoms with Crippen LogP contribution in [0.3, 0.4) is 0 Å². The molecule has 0 aliphatic heterocycles. The van der Waals surface area contributed by atoms with Gasteiger partial charge in [0.2, 0.25) is 0 Å². The molecule has 0 fully saturated rings. The molecule has 0 spiro atoms. The Morgan fingerprint density at radius 1 is 1.42 bits per heavy atom. The maximum Gasteiger partial charge on any atom is 0.0496 e. The zero-order valence-corrected chi connectivity index (χ0v) is 8.61. The molecule has 1 heterocycles. The van der Waals surface area contributed by atoms with Gasteiger partial charge in [0.15, 0.2) is 0 Å². The molecule has 2 nitrogen and oxygen atoms in total. The van der Waals surface area contributed by atoms with Crippen LogP contribution in [0.4, 0.5) is 0 Å². The average Bonchev–Trinajstić information content (AvgIpc) is 2.34. The Morgan fingerprint density at radius 2 is 2.00 bits per heavy atom. The highest BCUT2D eigenvalue weighted by atomic mass is 35.5. The molecule has 1 aromatic rings. The third-order valence-electron chi connectivity index (χ3n) is 1.89. The van der Waals surface area contributed by atoms with Gasteiger partial charge in [-0.05, 0) is 17.5 Å². The van der Waals surface area contributed by atoms with Gasteiger partial charge >= 0.3 is 0 Å². The minimum Gasteiger partial charge on any atom is -0.364 e. The minimum atomic E-state index is 0. The van der Waals surface area contributed by atoms with Gasteiger partial charge in [-0.2, -0.15) is 0 Å². The van der Waals surface area contributed by atoms with E-state index in [0.29, 0.717) is 0 Å². The predicted octanol–water partition coefficient (Wildman–Crippen LogP) is 2.48. The van der Waals surface area contributed by atoms with Crippen molar-refractivity contribution in [2.45, 2.75) is 26.8 Å². The first-order chi connectivity index (χ1) is 5.02. The molecule has 0 aliphatic carbocycles. The van der Waals surface area contributed by atoms with Gasteiger partial charge in [-0.15, -0.1) is 12.4 Å². The second-order valence-corrected chi connectivity index (χ2v) is 3.97. The second-order valence-electron chi connectivity index (χ2n) is 3.97. The van der Waals surface area contributed by atoms with Crippen LogP contribution in [-0.4, -0.2) is 4.98 Å². The molecule has 0 aliphatic rings. The number of H-pyrrole nitrogens is 1. The van der Waals surface area contributed by atoms with E-state index in [1.807, 2.05) is 18.3 Å². The van der Waals surface area contributed by atoms with E-state index in [4.69, 9.17) is 5.73 Å². The standard InChI is InChI=1S/C9H16N2.ClH/c1-9(2,3)8(10)7-5-4-6-11-7;/h4-6,8,11H,10H2,1-3H3;1H/t8-;/m1./s1. The molecule has 0 aromatic carbocycles. The Morgan fingerprint density at radius 3 is 2.33 bits per heavy atom. The van der Waals surface area contributed by atoms with E-state index in [-0.39, 0.29) is 23.9 Å². The van der Waals surface area contributed by atoms with Gasteiger partial charge in [0.1, 0.15) is 0 Å². The monoisotopic (exact) mass is 188 g/mol. The van der Waals surface area contributed by atoms with E-state index >= 15 is 0 Å². The fourth-order valence-electron chi connectivity index (χ4n) is 1.00. The summed E-state index contributed by atoms with van der Waals surface area (Å²) in [5.41, 5.74) is 7.22. The Balaban J connectivity index is 0.00000121. The zero-order chi connectivity index (χ0) is 8.48. The molecule has 0 saturated carbocycles. The molecule has 1 aromatic heterocycles. The first-order valence-corrected chi connectivity index (χ1v) is 3.90. The molecule has 12 heavy (non-hydrogen) atoms. The van der Waals surface area contributed by atoms with Gasteiger partial charge < -0.3 is 10.7 Å². The topological polar surface area (TPSA) is 41.8 Å². The number of aromatic amines is 1. The normalized spacial score (nSPS) is 13.7. The molecule has 0 radical (unpaired) electrons. The van der Waals surface area contributed by atoms with Crippen LogP contribution in [-0.2, 0) is 0 Å². The van der Waals surface area contributed by atoms with E-state index < -0.39 is 0 Å². The summed E-state index contributed by atoms with van der Waals surface area (Å²) in [5, 5.41) is 0. The Bertz CT molecular complexity index is 211. The van der Waals surface area contributed by atoms with E-state index in [1.54, 1.807) is 0 Å². The van der Waals surface area contributed by atoms with E-state index in [0.717, 1.165) is 5.69 Å².